The molecular formula is C17H17N5O2. The summed E-state index contributed by atoms with van der Waals surface area (Å²) in [4.78, 5) is 32.8. The first kappa shape index (κ1) is 15.7. The van der Waals surface area contributed by atoms with Crippen LogP contribution >= 0.6 is 0 Å². The minimum Gasteiger partial charge on any atom is -0.345 e. The predicted octanol–water partition coefficient (Wildman–Crippen LogP) is 1.04. The fourth-order valence-electron chi connectivity index (χ4n) is 2.27. The van der Waals surface area contributed by atoms with Crippen LogP contribution in [0.1, 0.15) is 12.5 Å². The second-order valence-electron chi connectivity index (χ2n) is 5.32. The zero-order valence-electron chi connectivity index (χ0n) is 13.1. The Morgan fingerprint density at radius 3 is 2.75 bits per heavy atom. The number of benzene rings is 1. The van der Waals surface area contributed by atoms with Gasteiger partial charge in [0.15, 0.2) is 0 Å². The van der Waals surface area contributed by atoms with Crippen molar-refractivity contribution in [1.29, 1.82) is 0 Å². The molecule has 0 bridgehead atoms. The number of nitrogens with one attached hydrogen (secondary N) is 2. The summed E-state index contributed by atoms with van der Waals surface area (Å²) in [5, 5.41) is 4.11. The molecule has 3 rings (SSSR count). The van der Waals surface area contributed by atoms with Gasteiger partial charge >= 0.3 is 0 Å². The number of amides is 2. The zero-order chi connectivity index (χ0) is 16.9. The maximum Gasteiger partial charge on any atom is 0.288 e. The summed E-state index contributed by atoms with van der Waals surface area (Å²) in [6.45, 7) is 1.99. The molecule has 0 fully saturated rings. The number of hydrogen-bond acceptors (Lipinski definition) is 5. The highest BCUT2D eigenvalue weighted by molar-refractivity contribution is 6.39. The number of aromatic nitrogens is 1. The Hall–Kier alpha value is -3.22. The average Bonchev–Trinajstić information content (AvgIpc) is 2.63. The third-order valence-electron chi connectivity index (χ3n) is 3.52. The molecule has 0 saturated carbocycles. The predicted molar refractivity (Wildman–Crippen MR) is 90.0 cm³/mol. The Bertz CT molecular complexity index is 761. The molecule has 0 unspecified atom stereocenters. The van der Waals surface area contributed by atoms with Crippen LogP contribution in [0.25, 0.3) is 0 Å². The average molecular weight is 323 g/mol. The van der Waals surface area contributed by atoms with E-state index < -0.39 is 6.04 Å². The topological polar surface area (TPSA) is 86.7 Å². The first-order valence-electron chi connectivity index (χ1n) is 7.56. The van der Waals surface area contributed by atoms with E-state index in [4.69, 9.17) is 0 Å². The minimum atomic E-state index is -0.634. The van der Waals surface area contributed by atoms with E-state index in [2.05, 4.69) is 20.7 Å². The summed E-state index contributed by atoms with van der Waals surface area (Å²) in [6.07, 6.45) is 3.35. The van der Waals surface area contributed by atoms with Crippen molar-refractivity contribution in [2.45, 2.75) is 19.5 Å². The molecule has 1 atom stereocenters. The number of hydrogen-bond donors (Lipinski definition) is 2. The highest BCUT2D eigenvalue weighted by Crippen LogP contribution is 2.15. The number of hydrazine groups is 1. The van der Waals surface area contributed by atoms with Gasteiger partial charge in [0.25, 0.3) is 11.8 Å². The van der Waals surface area contributed by atoms with Crippen LogP contribution in [-0.4, -0.2) is 28.7 Å². The van der Waals surface area contributed by atoms with E-state index in [1.807, 2.05) is 24.3 Å². The number of rotatable bonds is 4. The molecule has 1 aliphatic rings. The van der Waals surface area contributed by atoms with E-state index in [-0.39, 0.29) is 17.6 Å². The van der Waals surface area contributed by atoms with Crippen LogP contribution in [0.15, 0.2) is 59.9 Å². The molecular weight excluding hydrogens is 306 g/mol. The van der Waals surface area contributed by atoms with E-state index in [0.29, 0.717) is 12.2 Å². The van der Waals surface area contributed by atoms with Crippen molar-refractivity contribution < 1.29 is 9.59 Å². The van der Waals surface area contributed by atoms with Crippen LogP contribution in [0.5, 0.6) is 0 Å². The molecule has 2 aromatic rings. The first-order valence-corrected chi connectivity index (χ1v) is 7.56. The van der Waals surface area contributed by atoms with Crippen LogP contribution in [0.2, 0.25) is 0 Å². The number of aliphatic imine (C=N–C) groups is 1. The van der Waals surface area contributed by atoms with Gasteiger partial charge in [-0.1, -0.05) is 24.3 Å². The summed E-state index contributed by atoms with van der Waals surface area (Å²) in [6, 6.07) is 12.1. The third kappa shape index (κ3) is 3.40. The van der Waals surface area contributed by atoms with Gasteiger partial charge in [-0.05, 0) is 30.7 Å². The molecule has 1 aromatic heterocycles. The lowest BCUT2D eigenvalue weighted by Crippen LogP contribution is -2.57. The van der Waals surface area contributed by atoms with Crippen LogP contribution < -0.4 is 15.8 Å². The largest absolute Gasteiger partial charge is 0.345 e. The standard InChI is InChI=1S/C17H17N5O2/c1-12-17(24)22(14-7-3-2-4-8-14)21-15(20-12)16(23)19-11-13-6-5-9-18-10-13/h2-10,12H,11H2,1H3,(H,19,23)(H,20,21)/t12-/m0/s1. The Morgan fingerprint density at radius 2 is 2.04 bits per heavy atom. The normalized spacial score (nSPS) is 17.0. The first-order chi connectivity index (χ1) is 11.6. The molecule has 1 aliphatic heterocycles. The second kappa shape index (κ2) is 6.91. The monoisotopic (exact) mass is 323 g/mol. The summed E-state index contributed by atoms with van der Waals surface area (Å²) < 4.78 is 0. The highest BCUT2D eigenvalue weighted by atomic mass is 16.2. The van der Waals surface area contributed by atoms with Crippen molar-refractivity contribution >= 4 is 23.3 Å². The summed E-state index contributed by atoms with van der Waals surface area (Å²) in [5.41, 5.74) is 4.33. The molecule has 1 aromatic carbocycles. The molecule has 2 heterocycles. The molecule has 24 heavy (non-hydrogen) atoms. The van der Waals surface area contributed by atoms with Crippen molar-refractivity contribution in [3.8, 4) is 0 Å². The van der Waals surface area contributed by atoms with Crippen LogP contribution in [0, 0.1) is 0 Å². The van der Waals surface area contributed by atoms with Gasteiger partial charge in [-0.25, -0.2) is 10.0 Å². The van der Waals surface area contributed by atoms with Gasteiger partial charge in [-0.2, -0.15) is 0 Å². The fraction of sp³-hybridized carbons (Fsp3) is 0.176. The smallest absolute Gasteiger partial charge is 0.288 e. The van der Waals surface area contributed by atoms with Crippen molar-refractivity contribution in [2.75, 3.05) is 5.01 Å². The van der Waals surface area contributed by atoms with Crippen molar-refractivity contribution in [3.63, 3.8) is 0 Å². The maximum absolute atomic E-state index is 12.3. The van der Waals surface area contributed by atoms with Crippen LogP contribution in [0.4, 0.5) is 5.69 Å². The summed E-state index contributed by atoms with van der Waals surface area (Å²) >= 11 is 0. The maximum atomic E-state index is 12.3. The Balaban J connectivity index is 1.72. The number of nitrogens with zero attached hydrogens (tertiary/aromatic N) is 3. The van der Waals surface area contributed by atoms with Gasteiger partial charge < -0.3 is 5.32 Å². The van der Waals surface area contributed by atoms with Crippen molar-refractivity contribution in [1.82, 2.24) is 15.7 Å². The second-order valence-corrected chi connectivity index (χ2v) is 5.32. The van der Waals surface area contributed by atoms with Gasteiger partial charge in [0, 0.05) is 18.9 Å². The van der Waals surface area contributed by atoms with Crippen LogP contribution in [0.3, 0.4) is 0 Å². The molecule has 7 nitrogen and oxygen atoms in total. The molecule has 122 valence electrons. The summed E-state index contributed by atoms with van der Waals surface area (Å²) in [5.74, 6) is -0.487. The van der Waals surface area contributed by atoms with E-state index in [1.54, 1.807) is 37.5 Å². The SMILES string of the molecule is C[C@@H]1N=C(C(=O)NCc2cccnc2)NN(c2ccccc2)C1=O. The molecule has 2 amide bonds. The summed E-state index contributed by atoms with van der Waals surface area (Å²) in [7, 11) is 0. The molecule has 0 aliphatic carbocycles. The molecule has 7 heteroatoms. The Labute approximate surface area is 139 Å². The van der Waals surface area contributed by atoms with Gasteiger partial charge in [-0.3, -0.25) is 20.0 Å². The molecule has 2 N–H and O–H groups in total. The number of amidine groups is 1. The number of para-hydroxylation sites is 1. The number of pyridine rings is 1. The zero-order valence-corrected chi connectivity index (χ0v) is 13.1. The molecule has 0 radical (unpaired) electrons. The minimum absolute atomic E-state index is 0.106. The van der Waals surface area contributed by atoms with Crippen molar-refractivity contribution in [3.05, 3.63) is 60.4 Å². The Kier molecular flexibility index (Phi) is 4.51. The molecule has 0 saturated heterocycles. The number of carbonyl (C=O) groups excluding carboxylic acids is 2. The Morgan fingerprint density at radius 1 is 1.25 bits per heavy atom. The van der Waals surface area contributed by atoms with Gasteiger partial charge in [0.05, 0.1) is 5.69 Å². The third-order valence-corrected chi connectivity index (χ3v) is 3.52. The number of anilines is 1. The highest BCUT2D eigenvalue weighted by Gasteiger charge is 2.30. The van der Waals surface area contributed by atoms with E-state index in [0.717, 1.165) is 5.56 Å². The lowest BCUT2D eigenvalue weighted by molar-refractivity contribution is -0.120. The van der Waals surface area contributed by atoms with Gasteiger partial charge in [0.2, 0.25) is 5.84 Å². The fourth-order valence-corrected chi connectivity index (χ4v) is 2.27. The quantitative estimate of drug-likeness (QED) is 0.880. The molecule has 0 spiro atoms. The lowest BCUT2D eigenvalue weighted by Gasteiger charge is -2.30. The lowest BCUT2D eigenvalue weighted by atomic mass is 10.2. The van der Waals surface area contributed by atoms with Gasteiger partial charge in [0.1, 0.15) is 6.04 Å². The van der Waals surface area contributed by atoms with E-state index in [9.17, 15) is 9.59 Å². The number of carbonyl (C=O) groups is 2. The van der Waals surface area contributed by atoms with Gasteiger partial charge in [-0.15, -0.1) is 0 Å². The van der Waals surface area contributed by atoms with E-state index in [1.165, 1.54) is 5.01 Å². The van der Waals surface area contributed by atoms with Crippen LogP contribution in [-0.2, 0) is 16.1 Å². The van der Waals surface area contributed by atoms with Crippen molar-refractivity contribution in [2.24, 2.45) is 4.99 Å². The van der Waals surface area contributed by atoms with E-state index >= 15 is 0 Å².